The van der Waals surface area contributed by atoms with Crippen LogP contribution in [-0.4, -0.2) is 44.0 Å². The van der Waals surface area contributed by atoms with E-state index < -0.39 is 59.8 Å². The van der Waals surface area contributed by atoms with Crippen LogP contribution in [-0.2, 0) is 41.2 Å². The van der Waals surface area contributed by atoms with Gasteiger partial charge in [0.1, 0.15) is 6.04 Å². The Morgan fingerprint density at radius 1 is 1.10 bits per heavy atom. The van der Waals surface area contributed by atoms with Gasteiger partial charge in [0.25, 0.3) is 0 Å². The van der Waals surface area contributed by atoms with Crippen molar-refractivity contribution in [3.05, 3.63) is 35.4 Å². The number of benzene rings is 1. The molecule has 0 aliphatic heterocycles. The lowest BCUT2D eigenvalue weighted by Crippen LogP contribution is -2.53. The van der Waals surface area contributed by atoms with Crippen LogP contribution in [0.4, 0.5) is 13.2 Å². The molecule has 0 fully saturated rings. The molecule has 8 nitrogen and oxygen atoms in total. The fourth-order valence-electron chi connectivity index (χ4n) is 2.70. The zero-order valence-corrected chi connectivity index (χ0v) is 15.9. The topological polar surface area (TPSA) is 125 Å². The number of nitrogens with one attached hydrogen (secondary N) is 1. The van der Waals surface area contributed by atoms with E-state index in [0.717, 1.165) is 32.4 Å². The first-order chi connectivity index (χ1) is 13.4. The van der Waals surface area contributed by atoms with Crippen molar-refractivity contribution >= 4 is 23.8 Å². The number of hydrogen-bond donors (Lipinski definition) is 2. The minimum absolute atomic E-state index is 0.0469. The molecule has 0 spiro atoms. The monoisotopic (exact) mass is 418 g/mol. The maximum atomic E-state index is 12.8. The standard InChI is InChI=1S/C18H21F3N2O6/c1-9(13(16(26)28-2)17(27)29-3)14(15(22)25)23-12(24)8-10-5-4-6-11(7-10)18(19,20)21/h4-7,9,13-14H,8H2,1-3H3,(H2,22,25)(H,23,24)/t9-,14-/m1/s1. The lowest BCUT2D eigenvalue weighted by Gasteiger charge is -2.26. The number of carbonyl (C=O) groups is 4. The fourth-order valence-corrected chi connectivity index (χ4v) is 2.70. The maximum absolute atomic E-state index is 12.8. The minimum atomic E-state index is -4.58. The molecule has 160 valence electrons. The maximum Gasteiger partial charge on any atom is 0.416 e. The van der Waals surface area contributed by atoms with Gasteiger partial charge in [-0.3, -0.25) is 19.2 Å². The third-order valence-corrected chi connectivity index (χ3v) is 4.20. The second kappa shape index (κ2) is 9.89. The predicted molar refractivity (Wildman–Crippen MR) is 93.0 cm³/mol. The van der Waals surface area contributed by atoms with Crippen molar-refractivity contribution in [2.75, 3.05) is 14.2 Å². The number of carbonyl (C=O) groups excluding carboxylic acids is 4. The normalized spacial score (nSPS) is 13.3. The Morgan fingerprint density at radius 3 is 2.10 bits per heavy atom. The summed E-state index contributed by atoms with van der Waals surface area (Å²) in [7, 11) is 2.05. The van der Waals surface area contributed by atoms with Crippen molar-refractivity contribution in [2.24, 2.45) is 17.6 Å². The van der Waals surface area contributed by atoms with Gasteiger partial charge in [-0.25, -0.2) is 0 Å². The van der Waals surface area contributed by atoms with Gasteiger partial charge in [0.15, 0.2) is 5.92 Å². The molecule has 1 rings (SSSR count). The zero-order valence-electron chi connectivity index (χ0n) is 15.9. The Labute approximate surface area is 164 Å². The first-order valence-corrected chi connectivity index (χ1v) is 8.32. The first-order valence-electron chi connectivity index (χ1n) is 8.32. The smallest absolute Gasteiger partial charge is 0.416 e. The van der Waals surface area contributed by atoms with Crippen molar-refractivity contribution in [1.82, 2.24) is 5.32 Å². The molecule has 0 saturated heterocycles. The van der Waals surface area contributed by atoms with Gasteiger partial charge in [-0.1, -0.05) is 25.1 Å². The van der Waals surface area contributed by atoms with Crippen LogP contribution < -0.4 is 11.1 Å². The van der Waals surface area contributed by atoms with E-state index in [4.69, 9.17) is 5.73 Å². The Balaban J connectivity index is 3.01. The molecule has 2 atom stereocenters. The molecule has 0 radical (unpaired) electrons. The van der Waals surface area contributed by atoms with Gasteiger partial charge in [-0.2, -0.15) is 13.2 Å². The molecule has 0 aromatic heterocycles. The Kier molecular flexibility index (Phi) is 8.16. The van der Waals surface area contributed by atoms with Crippen LogP contribution in [0.15, 0.2) is 24.3 Å². The minimum Gasteiger partial charge on any atom is -0.468 e. The quantitative estimate of drug-likeness (QED) is 0.476. The van der Waals surface area contributed by atoms with Crippen LogP contribution in [0.25, 0.3) is 0 Å². The number of ether oxygens (including phenoxy) is 2. The number of nitrogens with two attached hydrogens (primary N) is 1. The number of alkyl halides is 3. The molecule has 0 aliphatic carbocycles. The van der Waals surface area contributed by atoms with Crippen molar-refractivity contribution < 1.29 is 41.8 Å². The van der Waals surface area contributed by atoms with Gasteiger partial charge >= 0.3 is 18.1 Å². The van der Waals surface area contributed by atoms with Crippen molar-refractivity contribution in [1.29, 1.82) is 0 Å². The van der Waals surface area contributed by atoms with Crippen LogP contribution in [0.2, 0.25) is 0 Å². The highest BCUT2D eigenvalue weighted by Crippen LogP contribution is 2.29. The number of methoxy groups -OCH3 is 2. The summed E-state index contributed by atoms with van der Waals surface area (Å²) in [5.41, 5.74) is 4.39. The van der Waals surface area contributed by atoms with Crippen molar-refractivity contribution in [2.45, 2.75) is 25.6 Å². The SMILES string of the molecule is COC(=O)C(C(=O)OC)[C@@H](C)[C@@H](NC(=O)Cc1cccc(C(F)(F)F)c1)C(N)=O. The first kappa shape index (κ1) is 23.9. The summed E-state index contributed by atoms with van der Waals surface area (Å²) in [6.07, 6.45) is -5.06. The summed E-state index contributed by atoms with van der Waals surface area (Å²) in [5, 5.41) is 2.25. The molecule has 0 heterocycles. The lowest BCUT2D eigenvalue weighted by atomic mass is 9.86. The second-order valence-electron chi connectivity index (χ2n) is 6.21. The predicted octanol–water partition coefficient (Wildman–Crippen LogP) is 0.816. The molecule has 0 aliphatic rings. The van der Waals surface area contributed by atoms with Gasteiger partial charge in [0, 0.05) is 5.92 Å². The van der Waals surface area contributed by atoms with Gasteiger partial charge in [-0.15, -0.1) is 0 Å². The summed E-state index contributed by atoms with van der Waals surface area (Å²) in [6, 6.07) is 2.63. The van der Waals surface area contributed by atoms with Crippen LogP contribution >= 0.6 is 0 Å². The molecule has 29 heavy (non-hydrogen) atoms. The number of hydrogen-bond acceptors (Lipinski definition) is 6. The highest BCUT2D eigenvalue weighted by molar-refractivity contribution is 5.97. The average Bonchev–Trinajstić information content (AvgIpc) is 2.64. The number of amides is 2. The Hall–Kier alpha value is -3.11. The van der Waals surface area contributed by atoms with Gasteiger partial charge < -0.3 is 20.5 Å². The summed E-state index contributed by atoms with van der Waals surface area (Å²) >= 11 is 0. The van der Waals surface area contributed by atoms with E-state index in [2.05, 4.69) is 14.8 Å². The lowest BCUT2D eigenvalue weighted by molar-refractivity contribution is -0.162. The van der Waals surface area contributed by atoms with E-state index in [1.54, 1.807) is 0 Å². The molecular formula is C18H21F3N2O6. The molecule has 0 saturated carbocycles. The van der Waals surface area contributed by atoms with E-state index in [1.807, 2.05) is 0 Å². The molecule has 1 aromatic carbocycles. The van der Waals surface area contributed by atoms with Gasteiger partial charge in [0.2, 0.25) is 11.8 Å². The van der Waals surface area contributed by atoms with Crippen molar-refractivity contribution in [3.8, 4) is 0 Å². The molecule has 0 bridgehead atoms. The van der Waals surface area contributed by atoms with Crippen LogP contribution in [0, 0.1) is 11.8 Å². The van der Waals surface area contributed by atoms with E-state index in [-0.39, 0.29) is 5.56 Å². The molecule has 3 N–H and O–H groups in total. The van der Waals surface area contributed by atoms with E-state index >= 15 is 0 Å². The number of esters is 2. The highest BCUT2D eigenvalue weighted by Gasteiger charge is 2.41. The highest BCUT2D eigenvalue weighted by atomic mass is 19.4. The molecule has 1 aromatic rings. The second-order valence-corrected chi connectivity index (χ2v) is 6.21. The average molecular weight is 418 g/mol. The number of halogens is 3. The summed E-state index contributed by atoms with van der Waals surface area (Å²) in [4.78, 5) is 47.8. The van der Waals surface area contributed by atoms with Crippen molar-refractivity contribution in [3.63, 3.8) is 0 Å². The molecular weight excluding hydrogens is 397 g/mol. The zero-order chi connectivity index (χ0) is 22.4. The van der Waals surface area contributed by atoms with Crippen LogP contribution in [0.1, 0.15) is 18.1 Å². The number of rotatable bonds is 8. The fraction of sp³-hybridized carbons (Fsp3) is 0.444. The molecule has 2 amide bonds. The summed E-state index contributed by atoms with van der Waals surface area (Å²) in [6.45, 7) is 1.30. The molecule has 0 unspecified atom stereocenters. The van der Waals surface area contributed by atoms with E-state index in [0.29, 0.717) is 0 Å². The third-order valence-electron chi connectivity index (χ3n) is 4.20. The summed E-state index contributed by atoms with van der Waals surface area (Å²) in [5.74, 6) is -6.55. The third kappa shape index (κ3) is 6.47. The molecule has 11 heteroatoms. The van der Waals surface area contributed by atoms with Crippen LogP contribution in [0.3, 0.4) is 0 Å². The van der Waals surface area contributed by atoms with Gasteiger partial charge in [0.05, 0.1) is 26.2 Å². The van der Waals surface area contributed by atoms with E-state index in [9.17, 15) is 32.3 Å². The Bertz CT molecular complexity index is 765. The van der Waals surface area contributed by atoms with Crippen LogP contribution in [0.5, 0.6) is 0 Å². The largest absolute Gasteiger partial charge is 0.468 e. The number of primary amides is 1. The van der Waals surface area contributed by atoms with E-state index in [1.165, 1.54) is 13.0 Å². The Morgan fingerprint density at radius 2 is 1.66 bits per heavy atom. The van der Waals surface area contributed by atoms with Gasteiger partial charge in [-0.05, 0) is 11.6 Å². The summed E-state index contributed by atoms with van der Waals surface area (Å²) < 4.78 is 47.4.